The van der Waals surface area contributed by atoms with Crippen LogP contribution in [0.25, 0.3) is 0 Å². The average molecular weight is 237 g/mol. The van der Waals surface area contributed by atoms with Gasteiger partial charge in [0.2, 0.25) is 0 Å². The van der Waals surface area contributed by atoms with E-state index in [9.17, 15) is 14.2 Å². The Labute approximate surface area is 88.7 Å². The number of hydrogen-bond acceptors (Lipinski definition) is 6. The van der Waals surface area contributed by atoms with Gasteiger partial charge in [0.15, 0.2) is 0 Å². The largest absolute Gasteiger partial charge is 0.566 e. The van der Waals surface area contributed by atoms with E-state index in [1.807, 2.05) is 6.92 Å². The molecular weight excluding hydrogens is 223 g/mol. The molecule has 0 saturated carbocycles. The lowest BCUT2D eigenvalue weighted by atomic mass is 10.5. The summed E-state index contributed by atoms with van der Waals surface area (Å²) in [7, 11) is -1.28. The van der Waals surface area contributed by atoms with Gasteiger partial charge in [0.05, 0.1) is 7.11 Å². The Morgan fingerprint density at radius 3 is 2.40 bits per heavy atom. The molecule has 15 heavy (non-hydrogen) atoms. The topological polar surface area (TPSA) is 78.9 Å². The van der Waals surface area contributed by atoms with Gasteiger partial charge >= 0.3 is 25.8 Å². The van der Waals surface area contributed by atoms with Gasteiger partial charge in [-0.25, -0.2) is 4.79 Å². The highest BCUT2D eigenvalue weighted by Crippen LogP contribution is 2.31. The standard InChI is InChI=1S/C8H14O6P/c1-4-5-13-15(11)8(7(10)12-3)14-6(2)9/h8H,4-5H2,1-3H3/q+1. The van der Waals surface area contributed by atoms with Gasteiger partial charge in [-0.3, -0.25) is 4.79 Å². The minimum absolute atomic E-state index is 0.226. The lowest BCUT2D eigenvalue weighted by Gasteiger charge is -2.03. The molecule has 0 aliphatic heterocycles. The molecule has 0 radical (unpaired) electrons. The minimum Gasteiger partial charge on any atom is -0.463 e. The molecule has 0 fully saturated rings. The summed E-state index contributed by atoms with van der Waals surface area (Å²) in [4.78, 5) is 21.7. The molecule has 6 nitrogen and oxygen atoms in total. The first kappa shape index (κ1) is 14.0. The van der Waals surface area contributed by atoms with Gasteiger partial charge in [-0.2, -0.15) is 0 Å². The molecule has 86 valence electrons. The van der Waals surface area contributed by atoms with Gasteiger partial charge in [-0.1, -0.05) is 6.92 Å². The summed E-state index contributed by atoms with van der Waals surface area (Å²) in [6.07, 6.45) is 0.648. The molecule has 0 saturated heterocycles. The van der Waals surface area contributed by atoms with Crippen molar-refractivity contribution in [2.75, 3.05) is 13.7 Å². The van der Waals surface area contributed by atoms with E-state index in [1.54, 1.807) is 0 Å². The third-order valence-corrected chi connectivity index (χ3v) is 2.43. The zero-order valence-electron chi connectivity index (χ0n) is 8.89. The van der Waals surface area contributed by atoms with E-state index in [-0.39, 0.29) is 6.61 Å². The monoisotopic (exact) mass is 237 g/mol. The van der Waals surface area contributed by atoms with E-state index in [0.29, 0.717) is 6.42 Å². The summed E-state index contributed by atoms with van der Waals surface area (Å²) in [6, 6.07) is 0. The van der Waals surface area contributed by atoms with E-state index in [0.717, 1.165) is 14.0 Å². The second kappa shape index (κ2) is 7.31. The van der Waals surface area contributed by atoms with Gasteiger partial charge in [-0.05, 0) is 11.0 Å². The van der Waals surface area contributed by atoms with Crippen LogP contribution in [0, 0.1) is 0 Å². The van der Waals surface area contributed by atoms with Crippen LogP contribution in [-0.4, -0.2) is 31.5 Å². The van der Waals surface area contributed by atoms with Crippen LogP contribution in [0.5, 0.6) is 0 Å². The SMILES string of the molecule is CCCO[P+](=O)C(OC(C)=O)C(=O)OC. The minimum atomic E-state index is -2.40. The fourth-order valence-electron chi connectivity index (χ4n) is 0.684. The number of methoxy groups -OCH3 is 1. The van der Waals surface area contributed by atoms with Crippen molar-refractivity contribution in [2.24, 2.45) is 0 Å². The lowest BCUT2D eigenvalue weighted by molar-refractivity contribution is -0.159. The van der Waals surface area contributed by atoms with Crippen molar-refractivity contribution >= 4 is 20.0 Å². The maximum Gasteiger partial charge on any atom is 0.566 e. The first-order valence-corrected chi connectivity index (χ1v) is 5.61. The predicted molar refractivity (Wildman–Crippen MR) is 51.4 cm³/mol. The van der Waals surface area contributed by atoms with Crippen LogP contribution < -0.4 is 0 Å². The summed E-state index contributed by atoms with van der Waals surface area (Å²) in [5.74, 6) is -3.08. The number of carbonyl (C=O) groups excluding carboxylic acids is 2. The van der Waals surface area contributed by atoms with Crippen molar-refractivity contribution in [1.29, 1.82) is 0 Å². The van der Waals surface area contributed by atoms with E-state index < -0.39 is 25.8 Å². The van der Waals surface area contributed by atoms with Crippen molar-refractivity contribution in [3.8, 4) is 0 Å². The smallest absolute Gasteiger partial charge is 0.463 e. The third kappa shape index (κ3) is 5.44. The summed E-state index contributed by atoms with van der Waals surface area (Å²) >= 11 is 0. The summed E-state index contributed by atoms with van der Waals surface area (Å²) < 4.78 is 25.1. The van der Waals surface area contributed by atoms with Crippen LogP contribution in [0.2, 0.25) is 0 Å². The first-order chi connectivity index (χ1) is 7.02. The quantitative estimate of drug-likeness (QED) is 0.510. The van der Waals surface area contributed by atoms with E-state index in [2.05, 4.69) is 9.47 Å². The molecule has 0 aromatic carbocycles. The van der Waals surface area contributed by atoms with Crippen molar-refractivity contribution in [1.82, 2.24) is 0 Å². The highest BCUT2D eigenvalue weighted by molar-refractivity contribution is 7.41. The van der Waals surface area contributed by atoms with Gasteiger partial charge < -0.3 is 9.47 Å². The van der Waals surface area contributed by atoms with Gasteiger partial charge in [0.1, 0.15) is 6.61 Å². The Bertz CT molecular complexity index is 252. The van der Waals surface area contributed by atoms with Crippen LogP contribution in [-0.2, 0) is 28.2 Å². The molecule has 2 atom stereocenters. The number of hydrogen-bond donors (Lipinski definition) is 0. The molecule has 7 heteroatoms. The number of esters is 2. The molecule has 0 aromatic heterocycles. The second-order valence-corrected chi connectivity index (χ2v) is 3.90. The van der Waals surface area contributed by atoms with E-state index in [4.69, 9.17) is 4.52 Å². The molecule has 2 unspecified atom stereocenters. The zero-order valence-corrected chi connectivity index (χ0v) is 9.78. The van der Waals surface area contributed by atoms with Gasteiger partial charge in [0.25, 0.3) is 0 Å². The normalized spacial score (nSPS) is 12.9. The van der Waals surface area contributed by atoms with Crippen LogP contribution in [0.3, 0.4) is 0 Å². The molecule has 0 amide bonds. The molecule has 0 bridgehead atoms. The Balaban J connectivity index is 4.40. The molecular formula is C8H14O6P+. The molecule has 0 aliphatic rings. The maximum atomic E-state index is 11.4. The Kier molecular flexibility index (Phi) is 6.83. The number of ether oxygens (including phenoxy) is 2. The fraction of sp³-hybridized carbons (Fsp3) is 0.750. The maximum absolute atomic E-state index is 11.4. The van der Waals surface area contributed by atoms with Gasteiger partial charge in [-0.15, -0.1) is 4.52 Å². The highest BCUT2D eigenvalue weighted by Gasteiger charge is 2.44. The Morgan fingerprint density at radius 1 is 1.40 bits per heavy atom. The Hall–Kier alpha value is -1.00. The average Bonchev–Trinajstić information content (AvgIpc) is 2.21. The van der Waals surface area contributed by atoms with Crippen LogP contribution >= 0.6 is 8.03 Å². The molecule has 0 heterocycles. The predicted octanol–water partition coefficient (Wildman–Crippen LogP) is 1.22. The second-order valence-electron chi connectivity index (χ2n) is 2.60. The molecule has 0 spiro atoms. The molecule has 0 aliphatic carbocycles. The Morgan fingerprint density at radius 2 is 2.00 bits per heavy atom. The fourth-order valence-corrected chi connectivity index (χ4v) is 1.69. The third-order valence-electron chi connectivity index (χ3n) is 1.29. The molecule has 0 rings (SSSR count). The van der Waals surface area contributed by atoms with Crippen molar-refractivity contribution in [3.63, 3.8) is 0 Å². The highest BCUT2D eigenvalue weighted by atomic mass is 31.1. The summed E-state index contributed by atoms with van der Waals surface area (Å²) in [5, 5.41) is 0. The zero-order chi connectivity index (χ0) is 11.8. The van der Waals surface area contributed by atoms with Crippen molar-refractivity contribution in [2.45, 2.75) is 26.1 Å². The summed E-state index contributed by atoms with van der Waals surface area (Å²) in [5.41, 5.74) is 0. The van der Waals surface area contributed by atoms with Crippen LogP contribution in [0.4, 0.5) is 0 Å². The molecule has 0 aromatic rings. The van der Waals surface area contributed by atoms with E-state index in [1.165, 1.54) is 0 Å². The van der Waals surface area contributed by atoms with Crippen molar-refractivity contribution < 1.29 is 28.2 Å². The lowest BCUT2D eigenvalue weighted by Crippen LogP contribution is -2.24. The van der Waals surface area contributed by atoms with Crippen LogP contribution in [0.15, 0.2) is 0 Å². The summed E-state index contributed by atoms with van der Waals surface area (Å²) in [6.45, 7) is 3.16. The first-order valence-electron chi connectivity index (χ1n) is 4.37. The number of rotatable bonds is 6. The van der Waals surface area contributed by atoms with Gasteiger partial charge in [0, 0.05) is 6.92 Å². The molecule has 0 N–H and O–H groups in total. The van der Waals surface area contributed by atoms with Crippen molar-refractivity contribution in [3.05, 3.63) is 0 Å². The van der Waals surface area contributed by atoms with Crippen LogP contribution in [0.1, 0.15) is 20.3 Å². The number of carbonyl (C=O) groups is 2. The van der Waals surface area contributed by atoms with E-state index >= 15 is 0 Å².